The van der Waals surface area contributed by atoms with E-state index in [2.05, 4.69) is 36.3 Å². The minimum atomic E-state index is -0.506. The van der Waals surface area contributed by atoms with Gasteiger partial charge < -0.3 is 28.4 Å². The van der Waals surface area contributed by atoms with Gasteiger partial charge >= 0.3 is 12.1 Å². The SMILES string of the molecule is C.C=CC.CCc1c(N(CC)C2CCOCC2)cc2oc(CN3CCN(C(=O)OC(C)(C)C)CC3)cc2c1C(=O)OC. The molecule has 0 spiro atoms. The molecule has 3 heterocycles. The zero-order chi connectivity index (χ0) is 30.2. The Hall–Kier alpha value is -3.04. The third-order valence-corrected chi connectivity index (χ3v) is 7.39. The van der Waals surface area contributed by atoms with Crippen LogP contribution in [0, 0.1) is 0 Å². The Morgan fingerprint density at radius 2 is 1.74 bits per heavy atom. The summed E-state index contributed by atoms with van der Waals surface area (Å²) in [5.41, 5.74) is 2.83. The van der Waals surface area contributed by atoms with Crippen LogP contribution in [0.2, 0.25) is 0 Å². The number of ether oxygens (including phenoxy) is 3. The van der Waals surface area contributed by atoms with Crippen LogP contribution >= 0.6 is 0 Å². The first-order valence-corrected chi connectivity index (χ1v) is 14.8. The predicted octanol–water partition coefficient (Wildman–Crippen LogP) is 6.67. The minimum absolute atomic E-state index is 0. The van der Waals surface area contributed by atoms with Gasteiger partial charge in [0, 0.05) is 69.1 Å². The number of methoxy groups -OCH3 is 1. The van der Waals surface area contributed by atoms with Crippen molar-refractivity contribution >= 4 is 28.7 Å². The molecular formula is C33H53N3O6. The molecule has 9 heteroatoms. The summed E-state index contributed by atoms with van der Waals surface area (Å²) in [6.07, 6.45) is 4.11. The molecule has 0 unspecified atom stereocenters. The van der Waals surface area contributed by atoms with Crippen molar-refractivity contribution in [1.29, 1.82) is 0 Å². The lowest BCUT2D eigenvalue weighted by molar-refractivity contribution is 0.0134. The molecule has 1 aromatic heterocycles. The molecule has 2 saturated heterocycles. The monoisotopic (exact) mass is 587 g/mol. The second kappa shape index (κ2) is 16.0. The molecule has 1 amide bonds. The average Bonchev–Trinajstić information content (AvgIpc) is 3.34. The molecule has 4 rings (SSSR count). The van der Waals surface area contributed by atoms with Crippen molar-refractivity contribution in [3.63, 3.8) is 0 Å². The number of anilines is 1. The maximum atomic E-state index is 13.1. The van der Waals surface area contributed by atoms with Gasteiger partial charge in [-0.2, -0.15) is 0 Å². The lowest BCUT2D eigenvalue weighted by atomic mass is 9.96. The third kappa shape index (κ3) is 8.74. The van der Waals surface area contributed by atoms with E-state index >= 15 is 0 Å². The summed E-state index contributed by atoms with van der Waals surface area (Å²) in [6.45, 7) is 20.7. The van der Waals surface area contributed by atoms with Gasteiger partial charge in [-0.15, -0.1) is 6.58 Å². The van der Waals surface area contributed by atoms with E-state index in [0.717, 1.165) is 68.1 Å². The van der Waals surface area contributed by atoms with E-state index in [-0.39, 0.29) is 19.5 Å². The van der Waals surface area contributed by atoms with Crippen LogP contribution in [0.5, 0.6) is 0 Å². The Balaban J connectivity index is 0.00000148. The van der Waals surface area contributed by atoms with Gasteiger partial charge in [-0.1, -0.05) is 20.4 Å². The number of carbonyl (C=O) groups is 2. The summed E-state index contributed by atoms with van der Waals surface area (Å²) in [7, 11) is 1.43. The van der Waals surface area contributed by atoms with Crippen molar-refractivity contribution in [3.05, 3.63) is 41.7 Å². The molecule has 1 aromatic carbocycles. The van der Waals surface area contributed by atoms with Gasteiger partial charge in [0.15, 0.2) is 0 Å². The largest absolute Gasteiger partial charge is 0.465 e. The molecule has 2 aromatic rings. The number of fused-ring (bicyclic) bond motifs is 1. The number of hydrogen-bond donors (Lipinski definition) is 0. The van der Waals surface area contributed by atoms with Crippen LogP contribution in [0.3, 0.4) is 0 Å². The van der Waals surface area contributed by atoms with Crippen LogP contribution in [0.15, 0.2) is 29.2 Å². The highest BCUT2D eigenvalue weighted by molar-refractivity contribution is 6.07. The lowest BCUT2D eigenvalue weighted by Gasteiger charge is -2.36. The molecule has 42 heavy (non-hydrogen) atoms. The molecule has 0 atom stereocenters. The maximum Gasteiger partial charge on any atom is 0.410 e. The van der Waals surface area contributed by atoms with Gasteiger partial charge in [-0.3, -0.25) is 4.90 Å². The Kier molecular flexibility index (Phi) is 13.4. The van der Waals surface area contributed by atoms with E-state index in [1.54, 1.807) is 11.0 Å². The van der Waals surface area contributed by atoms with Crippen molar-refractivity contribution in [3.8, 4) is 0 Å². The van der Waals surface area contributed by atoms with Crippen molar-refractivity contribution in [2.45, 2.75) is 86.4 Å². The number of benzene rings is 1. The second-order valence-electron chi connectivity index (χ2n) is 11.5. The topological polar surface area (TPSA) is 84.7 Å². The number of esters is 1. The van der Waals surface area contributed by atoms with Gasteiger partial charge in [-0.05, 0) is 65.5 Å². The molecule has 2 fully saturated rings. The van der Waals surface area contributed by atoms with Crippen molar-refractivity contribution in [1.82, 2.24) is 9.80 Å². The number of allylic oxidation sites excluding steroid dienone is 1. The smallest absolute Gasteiger partial charge is 0.410 e. The van der Waals surface area contributed by atoms with Gasteiger partial charge in [0.05, 0.1) is 19.2 Å². The maximum absolute atomic E-state index is 13.1. The first kappa shape index (κ1) is 35.2. The van der Waals surface area contributed by atoms with E-state index in [9.17, 15) is 9.59 Å². The van der Waals surface area contributed by atoms with Crippen molar-refractivity contribution in [2.75, 3.05) is 57.9 Å². The number of furan rings is 1. The summed E-state index contributed by atoms with van der Waals surface area (Å²) in [5.74, 6) is 0.458. The second-order valence-corrected chi connectivity index (χ2v) is 11.5. The molecule has 0 N–H and O–H groups in total. The number of amides is 1. The van der Waals surface area contributed by atoms with E-state index in [4.69, 9.17) is 18.6 Å². The first-order chi connectivity index (χ1) is 19.6. The van der Waals surface area contributed by atoms with Crippen LogP contribution in [-0.4, -0.2) is 86.6 Å². The molecule has 9 nitrogen and oxygen atoms in total. The van der Waals surface area contributed by atoms with E-state index in [1.165, 1.54) is 7.11 Å². The fourth-order valence-electron chi connectivity index (χ4n) is 5.55. The zero-order valence-corrected chi connectivity index (χ0v) is 26.1. The first-order valence-electron chi connectivity index (χ1n) is 14.8. The summed E-state index contributed by atoms with van der Waals surface area (Å²) < 4.78 is 22.7. The van der Waals surface area contributed by atoms with Gasteiger partial charge in [0.1, 0.15) is 16.9 Å². The predicted molar refractivity (Wildman–Crippen MR) is 169 cm³/mol. The van der Waals surface area contributed by atoms with E-state index in [1.807, 2.05) is 33.8 Å². The molecule has 2 aliphatic heterocycles. The van der Waals surface area contributed by atoms with Gasteiger partial charge in [-0.25, -0.2) is 9.59 Å². The van der Waals surface area contributed by atoms with Gasteiger partial charge in [0.25, 0.3) is 0 Å². The van der Waals surface area contributed by atoms with Crippen LogP contribution < -0.4 is 4.90 Å². The lowest BCUT2D eigenvalue weighted by Crippen LogP contribution is -2.49. The van der Waals surface area contributed by atoms with E-state index in [0.29, 0.717) is 43.2 Å². The van der Waals surface area contributed by atoms with Crippen molar-refractivity contribution < 1.29 is 28.2 Å². The molecule has 2 aliphatic rings. The highest BCUT2D eigenvalue weighted by Crippen LogP contribution is 2.37. The number of rotatable bonds is 7. The fourth-order valence-corrected chi connectivity index (χ4v) is 5.55. The summed E-state index contributed by atoms with van der Waals surface area (Å²) in [5, 5.41) is 0.794. The van der Waals surface area contributed by atoms with Crippen LogP contribution in [0.1, 0.15) is 83.5 Å². The standard InChI is InChI=1S/C29H43N3O6.C3H6.CH4/c1-7-22-24(32(8-2)20-9-15-36-16-10-20)18-25-23(26(22)27(33)35-6)17-21(37-25)19-30-11-13-31(14-12-30)28(34)38-29(3,4)5;1-3-2;/h17-18,20H,7-16,19H2,1-6H3;3H,1H2,2H3;1H4. The van der Waals surface area contributed by atoms with Gasteiger partial charge in [0.2, 0.25) is 0 Å². The minimum Gasteiger partial charge on any atom is -0.465 e. The summed E-state index contributed by atoms with van der Waals surface area (Å²) in [4.78, 5) is 31.9. The average molecular weight is 588 g/mol. The Bertz CT molecular complexity index is 1170. The Morgan fingerprint density at radius 3 is 2.26 bits per heavy atom. The summed E-state index contributed by atoms with van der Waals surface area (Å²) in [6, 6.07) is 4.44. The normalized spacial score (nSPS) is 16.2. The Morgan fingerprint density at radius 1 is 1.12 bits per heavy atom. The third-order valence-electron chi connectivity index (χ3n) is 7.39. The Labute approximate surface area is 252 Å². The highest BCUT2D eigenvalue weighted by atomic mass is 16.6. The summed E-state index contributed by atoms with van der Waals surface area (Å²) >= 11 is 0. The molecule has 236 valence electrons. The number of carbonyl (C=O) groups excluding carboxylic acids is 2. The van der Waals surface area contributed by atoms with E-state index < -0.39 is 5.60 Å². The molecule has 0 aliphatic carbocycles. The number of nitrogens with zero attached hydrogens (tertiary/aromatic N) is 3. The van der Waals surface area contributed by atoms with Crippen LogP contribution in [0.4, 0.5) is 10.5 Å². The molecular weight excluding hydrogens is 534 g/mol. The molecule has 0 bridgehead atoms. The van der Waals surface area contributed by atoms with Crippen LogP contribution in [0.25, 0.3) is 11.0 Å². The molecule has 0 radical (unpaired) electrons. The molecule has 0 saturated carbocycles. The zero-order valence-electron chi connectivity index (χ0n) is 26.1. The number of hydrogen-bond acceptors (Lipinski definition) is 8. The quantitative estimate of drug-likeness (QED) is 0.262. The fraction of sp³-hybridized carbons (Fsp3) is 0.636. The van der Waals surface area contributed by atoms with Crippen LogP contribution in [-0.2, 0) is 27.2 Å². The number of piperazine rings is 1. The highest BCUT2D eigenvalue weighted by Gasteiger charge is 2.29. The van der Waals surface area contributed by atoms with Crippen molar-refractivity contribution in [2.24, 2.45) is 0 Å².